The second-order valence-electron chi connectivity index (χ2n) is 4.45. The van der Waals surface area contributed by atoms with E-state index < -0.39 is 0 Å². The maximum absolute atomic E-state index is 5.95. The predicted octanol–water partition coefficient (Wildman–Crippen LogP) is 3.04. The number of pyridine rings is 1. The molecule has 92 valence electrons. The van der Waals surface area contributed by atoms with Gasteiger partial charge in [0, 0.05) is 17.7 Å². The van der Waals surface area contributed by atoms with Crippen LogP contribution in [0, 0.1) is 0 Å². The lowest BCUT2D eigenvalue weighted by Gasteiger charge is -2.10. The minimum Gasteiger partial charge on any atom is -0.493 e. The second kappa shape index (κ2) is 4.50. The normalized spacial score (nSPS) is 17.3. The third kappa shape index (κ3) is 2.02. The summed E-state index contributed by atoms with van der Waals surface area (Å²) in [6.45, 7) is 0.686. The fourth-order valence-corrected chi connectivity index (χ4v) is 2.50. The molecular formula is C14H13ClN2O. The van der Waals surface area contributed by atoms with Crippen molar-refractivity contribution in [3.05, 3.63) is 52.7 Å². The van der Waals surface area contributed by atoms with E-state index >= 15 is 0 Å². The van der Waals surface area contributed by atoms with Crippen molar-refractivity contribution in [2.75, 3.05) is 12.3 Å². The van der Waals surface area contributed by atoms with Crippen LogP contribution in [0.1, 0.15) is 17.0 Å². The number of hydrogen-bond acceptors (Lipinski definition) is 3. The molecule has 18 heavy (non-hydrogen) atoms. The molecular weight excluding hydrogens is 248 g/mol. The Kier molecular flexibility index (Phi) is 2.84. The molecule has 1 aliphatic heterocycles. The molecule has 0 fully saturated rings. The summed E-state index contributed by atoms with van der Waals surface area (Å²) in [7, 11) is 0. The first-order valence-electron chi connectivity index (χ1n) is 5.85. The van der Waals surface area contributed by atoms with Crippen molar-refractivity contribution in [2.24, 2.45) is 0 Å². The minimum atomic E-state index is 0.323. The van der Waals surface area contributed by atoms with Crippen molar-refractivity contribution >= 4 is 17.4 Å². The number of hydrogen-bond donors (Lipinski definition) is 1. The molecule has 1 atom stereocenters. The van der Waals surface area contributed by atoms with Crippen molar-refractivity contribution in [3.63, 3.8) is 0 Å². The first kappa shape index (κ1) is 11.4. The number of aromatic nitrogens is 1. The van der Waals surface area contributed by atoms with E-state index in [-0.39, 0.29) is 0 Å². The van der Waals surface area contributed by atoms with Crippen molar-refractivity contribution in [2.45, 2.75) is 12.3 Å². The SMILES string of the molecule is Nc1ncc(Cl)cc1CC1COc2ccccc21. The van der Waals surface area contributed by atoms with Crippen LogP contribution in [0.3, 0.4) is 0 Å². The van der Waals surface area contributed by atoms with E-state index in [9.17, 15) is 0 Å². The summed E-state index contributed by atoms with van der Waals surface area (Å²) in [4.78, 5) is 4.08. The second-order valence-corrected chi connectivity index (χ2v) is 4.88. The van der Waals surface area contributed by atoms with Crippen LogP contribution < -0.4 is 10.5 Å². The Balaban J connectivity index is 1.88. The minimum absolute atomic E-state index is 0.323. The van der Waals surface area contributed by atoms with E-state index in [1.165, 1.54) is 5.56 Å². The average Bonchev–Trinajstić information content (AvgIpc) is 2.78. The Bertz CT molecular complexity index is 586. The van der Waals surface area contributed by atoms with Crippen molar-refractivity contribution in [1.82, 2.24) is 4.98 Å². The van der Waals surface area contributed by atoms with Crippen LogP contribution in [0.5, 0.6) is 5.75 Å². The molecule has 0 saturated carbocycles. The number of ether oxygens (including phenoxy) is 1. The number of para-hydroxylation sites is 1. The number of nitrogens with zero attached hydrogens (tertiary/aromatic N) is 1. The standard InChI is InChI=1S/C14H13ClN2O/c15-11-6-9(14(16)17-7-11)5-10-8-18-13-4-2-1-3-12(10)13/h1-4,6-7,10H,5,8H2,(H2,16,17). The smallest absolute Gasteiger partial charge is 0.126 e. The van der Waals surface area contributed by atoms with Gasteiger partial charge in [-0.3, -0.25) is 0 Å². The molecule has 4 heteroatoms. The molecule has 1 aromatic heterocycles. The van der Waals surface area contributed by atoms with E-state index in [1.54, 1.807) is 6.20 Å². The van der Waals surface area contributed by atoms with Crippen LogP contribution in [0.25, 0.3) is 0 Å². The van der Waals surface area contributed by atoms with Gasteiger partial charge in [-0.25, -0.2) is 4.98 Å². The number of halogens is 1. The summed E-state index contributed by atoms with van der Waals surface area (Å²) >= 11 is 5.95. The molecule has 0 spiro atoms. The molecule has 1 aliphatic rings. The quantitative estimate of drug-likeness (QED) is 0.903. The van der Waals surface area contributed by atoms with Gasteiger partial charge >= 0.3 is 0 Å². The topological polar surface area (TPSA) is 48.1 Å². The molecule has 0 saturated heterocycles. The Morgan fingerprint density at radius 2 is 2.22 bits per heavy atom. The zero-order valence-electron chi connectivity index (χ0n) is 9.77. The first-order chi connectivity index (χ1) is 8.74. The third-order valence-electron chi connectivity index (χ3n) is 3.23. The Hall–Kier alpha value is -1.74. The van der Waals surface area contributed by atoms with Crippen LogP contribution in [0.4, 0.5) is 5.82 Å². The fraction of sp³-hybridized carbons (Fsp3) is 0.214. The number of benzene rings is 1. The zero-order chi connectivity index (χ0) is 12.5. The molecule has 1 unspecified atom stereocenters. The lowest BCUT2D eigenvalue weighted by Crippen LogP contribution is -2.07. The number of fused-ring (bicyclic) bond motifs is 1. The number of anilines is 1. The van der Waals surface area contributed by atoms with E-state index in [4.69, 9.17) is 22.1 Å². The zero-order valence-corrected chi connectivity index (χ0v) is 10.5. The van der Waals surface area contributed by atoms with Crippen LogP contribution in [0.2, 0.25) is 5.02 Å². The molecule has 0 bridgehead atoms. The lowest BCUT2D eigenvalue weighted by atomic mass is 9.94. The summed E-state index contributed by atoms with van der Waals surface area (Å²) in [6.07, 6.45) is 2.37. The Morgan fingerprint density at radius 1 is 1.39 bits per heavy atom. The Morgan fingerprint density at radius 3 is 3.11 bits per heavy atom. The summed E-state index contributed by atoms with van der Waals surface area (Å²) in [5, 5.41) is 0.617. The molecule has 2 heterocycles. The van der Waals surface area contributed by atoms with Gasteiger partial charge in [-0.05, 0) is 24.1 Å². The molecule has 2 aromatic rings. The van der Waals surface area contributed by atoms with Gasteiger partial charge in [0.25, 0.3) is 0 Å². The summed E-state index contributed by atoms with van der Waals surface area (Å²) < 4.78 is 5.66. The van der Waals surface area contributed by atoms with Gasteiger partial charge in [0.15, 0.2) is 0 Å². The maximum Gasteiger partial charge on any atom is 0.126 e. The van der Waals surface area contributed by atoms with E-state index in [0.717, 1.165) is 17.7 Å². The molecule has 0 aliphatic carbocycles. The highest BCUT2D eigenvalue weighted by molar-refractivity contribution is 6.30. The number of nitrogens with two attached hydrogens (primary N) is 1. The number of nitrogen functional groups attached to an aromatic ring is 1. The van der Waals surface area contributed by atoms with E-state index in [0.29, 0.717) is 23.4 Å². The first-order valence-corrected chi connectivity index (χ1v) is 6.23. The van der Waals surface area contributed by atoms with Gasteiger partial charge in [-0.2, -0.15) is 0 Å². The molecule has 3 rings (SSSR count). The van der Waals surface area contributed by atoms with Crippen LogP contribution in [-0.4, -0.2) is 11.6 Å². The fourth-order valence-electron chi connectivity index (χ4n) is 2.32. The van der Waals surface area contributed by atoms with Gasteiger partial charge in [0.2, 0.25) is 0 Å². The molecule has 0 radical (unpaired) electrons. The highest BCUT2D eigenvalue weighted by Crippen LogP contribution is 2.36. The van der Waals surface area contributed by atoms with E-state index in [2.05, 4.69) is 11.1 Å². The van der Waals surface area contributed by atoms with Gasteiger partial charge < -0.3 is 10.5 Å². The Labute approximate surface area is 111 Å². The third-order valence-corrected chi connectivity index (χ3v) is 3.44. The van der Waals surface area contributed by atoms with Crippen molar-refractivity contribution in [1.29, 1.82) is 0 Å². The number of rotatable bonds is 2. The average molecular weight is 261 g/mol. The van der Waals surface area contributed by atoms with Gasteiger partial charge in [0.05, 0.1) is 11.6 Å². The van der Waals surface area contributed by atoms with Crippen LogP contribution in [0.15, 0.2) is 36.5 Å². The van der Waals surface area contributed by atoms with Crippen LogP contribution in [-0.2, 0) is 6.42 Å². The highest BCUT2D eigenvalue weighted by atomic mass is 35.5. The molecule has 2 N–H and O–H groups in total. The predicted molar refractivity (Wildman–Crippen MR) is 72.0 cm³/mol. The highest BCUT2D eigenvalue weighted by Gasteiger charge is 2.24. The van der Waals surface area contributed by atoms with Gasteiger partial charge in [-0.1, -0.05) is 29.8 Å². The maximum atomic E-state index is 5.95. The monoisotopic (exact) mass is 260 g/mol. The van der Waals surface area contributed by atoms with Gasteiger partial charge in [-0.15, -0.1) is 0 Å². The summed E-state index contributed by atoms with van der Waals surface area (Å²) in [6, 6.07) is 9.98. The molecule has 0 amide bonds. The molecule has 1 aromatic carbocycles. The van der Waals surface area contributed by atoms with E-state index in [1.807, 2.05) is 24.3 Å². The lowest BCUT2D eigenvalue weighted by molar-refractivity contribution is 0.330. The van der Waals surface area contributed by atoms with Crippen molar-refractivity contribution < 1.29 is 4.74 Å². The summed E-state index contributed by atoms with van der Waals surface area (Å²) in [5.41, 5.74) is 8.09. The van der Waals surface area contributed by atoms with Crippen LogP contribution >= 0.6 is 11.6 Å². The largest absolute Gasteiger partial charge is 0.493 e. The summed E-state index contributed by atoms with van der Waals surface area (Å²) in [5.74, 6) is 1.84. The van der Waals surface area contributed by atoms with Gasteiger partial charge in [0.1, 0.15) is 11.6 Å². The molecule has 3 nitrogen and oxygen atoms in total. The van der Waals surface area contributed by atoms with Crippen molar-refractivity contribution in [3.8, 4) is 5.75 Å².